The molecule has 2 N–H and O–H groups in total. The third kappa shape index (κ3) is 17.6. The van der Waals surface area contributed by atoms with Crippen LogP contribution in [0.15, 0.2) is 0 Å². The van der Waals surface area contributed by atoms with Crippen molar-refractivity contribution in [3.63, 3.8) is 0 Å². The summed E-state index contributed by atoms with van der Waals surface area (Å²) in [6.07, 6.45) is 19.5. The summed E-state index contributed by atoms with van der Waals surface area (Å²) in [5.74, 6) is 0.341. The normalized spacial score (nSPS) is 10.9. The van der Waals surface area contributed by atoms with Gasteiger partial charge in [0.15, 0.2) is 0 Å². The lowest BCUT2D eigenvalue weighted by atomic mass is 10.0. The maximum absolute atomic E-state index is 10.8. The van der Waals surface area contributed by atoms with E-state index in [1.807, 2.05) is 0 Å². The zero-order valence-corrected chi connectivity index (χ0v) is 13.8. The average molecular weight is 283 g/mol. The van der Waals surface area contributed by atoms with Crippen molar-refractivity contribution in [1.29, 1.82) is 0 Å². The van der Waals surface area contributed by atoms with Crippen LogP contribution in [0.4, 0.5) is 0 Å². The molecule has 0 aromatic carbocycles. The quantitative estimate of drug-likeness (QED) is 0.386. The van der Waals surface area contributed by atoms with E-state index in [2.05, 4.69) is 0 Å². The summed E-state index contributed by atoms with van der Waals surface area (Å²) in [5.41, 5.74) is 5.47. The highest BCUT2D eigenvalue weighted by atomic mass is 16.1. The molecule has 2 heteroatoms. The van der Waals surface area contributed by atoms with E-state index in [4.69, 9.17) is 5.73 Å². The van der Waals surface area contributed by atoms with Gasteiger partial charge in [0.05, 0.1) is 0 Å². The minimum absolute atomic E-state index is 0.341. The molecule has 20 heavy (non-hydrogen) atoms. The second-order valence-corrected chi connectivity index (χ2v) is 6.19. The van der Waals surface area contributed by atoms with Crippen LogP contribution in [0, 0.1) is 0 Å². The number of nitrogens with two attached hydrogens (primary N) is 1. The Bertz CT molecular complexity index is 204. The standard InChI is InChI=1S/C18H37NO/c1-18(20)16-14-12-10-8-6-4-2-3-5-7-9-11-13-15-17-19/h2-17,19H2,1H3. The summed E-state index contributed by atoms with van der Waals surface area (Å²) in [6.45, 7) is 2.55. The Labute approximate surface area is 126 Å². The number of hydrogen-bond donors (Lipinski definition) is 1. The minimum atomic E-state index is 0.341. The van der Waals surface area contributed by atoms with Crippen LogP contribution in [0.1, 0.15) is 103 Å². The first kappa shape index (κ1) is 19.6. The van der Waals surface area contributed by atoms with Crippen LogP contribution in [0.5, 0.6) is 0 Å². The van der Waals surface area contributed by atoms with Gasteiger partial charge in [-0.3, -0.25) is 0 Å². The number of hydrogen-bond acceptors (Lipinski definition) is 2. The zero-order valence-electron chi connectivity index (χ0n) is 13.8. The predicted molar refractivity (Wildman–Crippen MR) is 89.0 cm³/mol. The number of Topliss-reactive ketones (excluding diaryl/α,β-unsaturated/α-hetero) is 1. The van der Waals surface area contributed by atoms with Gasteiger partial charge in [-0.25, -0.2) is 0 Å². The van der Waals surface area contributed by atoms with Crippen LogP contribution in [0.25, 0.3) is 0 Å². The average Bonchev–Trinajstić information content (AvgIpc) is 2.43. The van der Waals surface area contributed by atoms with Crippen molar-refractivity contribution in [2.24, 2.45) is 5.73 Å². The highest BCUT2D eigenvalue weighted by Crippen LogP contribution is 2.13. The lowest BCUT2D eigenvalue weighted by Gasteiger charge is -2.03. The fourth-order valence-electron chi connectivity index (χ4n) is 2.64. The molecule has 0 unspecified atom stereocenters. The molecule has 0 saturated heterocycles. The summed E-state index contributed by atoms with van der Waals surface area (Å²) >= 11 is 0. The molecule has 0 heterocycles. The fourth-order valence-corrected chi connectivity index (χ4v) is 2.64. The van der Waals surface area contributed by atoms with E-state index in [1.165, 1.54) is 83.5 Å². The van der Waals surface area contributed by atoms with Gasteiger partial charge in [-0.05, 0) is 26.3 Å². The van der Waals surface area contributed by atoms with Crippen molar-refractivity contribution >= 4 is 5.78 Å². The van der Waals surface area contributed by atoms with Gasteiger partial charge in [0.2, 0.25) is 0 Å². The fraction of sp³-hybridized carbons (Fsp3) is 0.944. The molecule has 0 fully saturated rings. The van der Waals surface area contributed by atoms with Gasteiger partial charge >= 0.3 is 0 Å². The van der Waals surface area contributed by atoms with Crippen LogP contribution in [-0.4, -0.2) is 12.3 Å². The Kier molecular flexibility index (Phi) is 16.4. The van der Waals surface area contributed by atoms with Gasteiger partial charge < -0.3 is 10.5 Å². The maximum atomic E-state index is 10.8. The molecule has 120 valence electrons. The van der Waals surface area contributed by atoms with Crippen molar-refractivity contribution in [1.82, 2.24) is 0 Å². The van der Waals surface area contributed by atoms with Crippen LogP contribution in [-0.2, 0) is 4.79 Å². The Morgan fingerprint density at radius 1 is 0.600 bits per heavy atom. The van der Waals surface area contributed by atoms with Crippen molar-refractivity contribution in [2.75, 3.05) is 6.54 Å². The molecule has 0 aliphatic rings. The number of carbonyl (C=O) groups excluding carboxylic acids is 1. The second-order valence-electron chi connectivity index (χ2n) is 6.19. The lowest BCUT2D eigenvalue weighted by molar-refractivity contribution is -0.117. The van der Waals surface area contributed by atoms with Gasteiger partial charge in [-0.2, -0.15) is 0 Å². The number of carbonyl (C=O) groups is 1. The van der Waals surface area contributed by atoms with Crippen LogP contribution in [0.3, 0.4) is 0 Å². The van der Waals surface area contributed by atoms with E-state index in [-0.39, 0.29) is 0 Å². The summed E-state index contributed by atoms with van der Waals surface area (Å²) in [6, 6.07) is 0. The molecule has 0 rings (SSSR count). The highest BCUT2D eigenvalue weighted by molar-refractivity contribution is 5.75. The topological polar surface area (TPSA) is 43.1 Å². The summed E-state index contributed by atoms with van der Waals surface area (Å²) in [4.78, 5) is 10.8. The monoisotopic (exact) mass is 283 g/mol. The molecule has 0 spiro atoms. The molecule has 2 nitrogen and oxygen atoms in total. The van der Waals surface area contributed by atoms with Crippen LogP contribution >= 0.6 is 0 Å². The van der Waals surface area contributed by atoms with Crippen molar-refractivity contribution in [2.45, 2.75) is 103 Å². The van der Waals surface area contributed by atoms with E-state index < -0.39 is 0 Å². The van der Waals surface area contributed by atoms with Crippen molar-refractivity contribution in [3.8, 4) is 0 Å². The molecule has 0 saturated carbocycles. The Hall–Kier alpha value is -0.370. The Morgan fingerprint density at radius 3 is 1.20 bits per heavy atom. The predicted octanol–water partition coefficient (Wildman–Crippen LogP) is 5.39. The molecule has 0 atom stereocenters. The molecular weight excluding hydrogens is 246 g/mol. The van der Waals surface area contributed by atoms with Crippen LogP contribution < -0.4 is 5.73 Å². The lowest BCUT2D eigenvalue weighted by Crippen LogP contribution is -1.97. The smallest absolute Gasteiger partial charge is 0.129 e. The zero-order chi connectivity index (χ0) is 14.9. The molecule has 0 aromatic rings. The molecule has 0 aliphatic heterocycles. The number of unbranched alkanes of at least 4 members (excludes halogenated alkanes) is 13. The highest BCUT2D eigenvalue weighted by Gasteiger charge is 1.95. The van der Waals surface area contributed by atoms with Gasteiger partial charge in [0.1, 0.15) is 5.78 Å². The summed E-state index contributed by atoms with van der Waals surface area (Å²) in [5, 5.41) is 0. The Balaban J connectivity index is 2.94. The van der Waals surface area contributed by atoms with Gasteiger partial charge in [0.25, 0.3) is 0 Å². The van der Waals surface area contributed by atoms with E-state index in [0.717, 1.165) is 19.4 Å². The van der Waals surface area contributed by atoms with Gasteiger partial charge in [-0.1, -0.05) is 77.0 Å². The third-order valence-corrected chi connectivity index (χ3v) is 3.98. The molecular formula is C18H37NO. The first-order chi connectivity index (χ1) is 9.77. The second kappa shape index (κ2) is 16.7. The van der Waals surface area contributed by atoms with Gasteiger partial charge in [0, 0.05) is 6.42 Å². The largest absolute Gasteiger partial charge is 0.330 e. The SMILES string of the molecule is CC(=O)CCCCCCCCCCCCCCCCN. The first-order valence-electron chi connectivity index (χ1n) is 8.97. The molecule has 0 radical (unpaired) electrons. The number of rotatable bonds is 16. The van der Waals surface area contributed by atoms with E-state index in [1.54, 1.807) is 6.92 Å². The maximum Gasteiger partial charge on any atom is 0.129 e. The van der Waals surface area contributed by atoms with Gasteiger partial charge in [-0.15, -0.1) is 0 Å². The first-order valence-corrected chi connectivity index (χ1v) is 8.97. The summed E-state index contributed by atoms with van der Waals surface area (Å²) < 4.78 is 0. The van der Waals surface area contributed by atoms with Crippen LogP contribution in [0.2, 0.25) is 0 Å². The Morgan fingerprint density at radius 2 is 0.900 bits per heavy atom. The molecule has 0 aliphatic carbocycles. The van der Waals surface area contributed by atoms with Crippen molar-refractivity contribution < 1.29 is 4.79 Å². The van der Waals surface area contributed by atoms with E-state index >= 15 is 0 Å². The van der Waals surface area contributed by atoms with Crippen molar-refractivity contribution in [3.05, 3.63) is 0 Å². The van der Waals surface area contributed by atoms with E-state index in [9.17, 15) is 4.79 Å². The summed E-state index contributed by atoms with van der Waals surface area (Å²) in [7, 11) is 0. The number of ketones is 1. The molecule has 0 amide bonds. The minimum Gasteiger partial charge on any atom is -0.330 e. The molecule has 0 aromatic heterocycles. The third-order valence-electron chi connectivity index (χ3n) is 3.98. The molecule has 0 bridgehead atoms. The van der Waals surface area contributed by atoms with E-state index in [0.29, 0.717) is 5.78 Å².